The van der Waals surface area contributed by atoms with E-state index in [2.05, 4.69) is 19.6 Å². The van der Waals surface area contributed by atoms with Gasteiger partial charge in [-0.15, -0.1) is 0 Å². The standard InChI is InChI=1S/C14H16NO2S.HI/c1-3-7-13-15(10-14(16)17-4-2)11-8-5-6-9-12(11)18-13;/h4-6,8-9H,2-3,7,10H2,1H3;1H/q+1;/p-1. The predicted molar refractivity (Wildman–Crippen MR) is 72.3 cm³/mol. The first kappa shape index (κ1) is 16.1. The third-order valence-electron chi connectivity index (χ3n) is 2.65. The molecule has 1 aromatic carbocycles. The molecule has 0 saturated heterocycles. The number of hydrogen-bond acceptors (Lipinski definition) is 3. The van der Waals surface area contributed by atoms with Gasteiger partial charge in [0.15, 0.2) is 0 Å². The van der Waals surface area contributed by atoms with E-state index in [-0.39, 0.29) is 36.5 Å². The summed E-state index contributed by atoms with van der Waals surface area (Å²) < 4.78 is 8.04. The van der Waals surface area contributed by atoms with Crippen LogP contribution < -0.4 is 28.5 Å². The molecule has 0 bridgehead atoms. The number of hydrogen-bond donors (Lipinski definition) is 0. The van der Waals surface area contributed by atoms with E-state index in [9.17, 15) is 4.79 Å². The van der Waals surface area contributed by atoms with E-state index in [1.54, 1.807) is 11.3 Å². The van der Waals surface area contributed by atoms with Crippen LogP contribution >= 0.6 is 11.3 Å². The maximum absolute atomic E-state index is 11.6. The number of para-hydroxylation sites is 1. The lowest BCUT2D eigenvalue weighted by Crippen LogP contribution is -3.00. The molecule has 0 radical (unpaired) electrons. The average Bonchev–Trinajstić information content (AvgIpc) is 2.69. The van der Waals surface area contributed by atoms with Crippen LogP contribution in [0.5, 0.6) is 0 Å². The number of aromatic nitrogens is 1. The van der Waals surface area contributed by atoms with Gasteiger partial charge in [0.05, 0.1) is 6.26 Å². The molecule has 0 N–H and O–H groups in total. The van der Waals surface area contributed by atoms with Crippen LogP contribution in [0, 0.1) is 0 Å². The molecule has 2 rings (SSSR count). The smallest absolute Gasteiger partial charge is 0.377 e. The van der Waals surface area contributed by atoms with Crippen LogP contribution in [-0.2, 0) is 22.5 Å². The van der Waals surface area contributed by atoms with Crippen LogP contribution in [0.1, 0.15) is 18.4 Å². The molecular formula is C14H16INO2S. The van der Waals surface area contributed by atoms with Gasteiger partial charge in [0, 0.05) is 12.5 Å². The predicted octanol–water partition coefficient (Wildman–Crippen LogP) is -0.168. The maximum Gasteiger partial charge on any atom is 0.377 e. The molecule has 0 spiro atoms. The third kappa shape index (κ3) is 3.76. The molecule has 0 aliphatic rings. The van der Waals surface area contributed by atoms with Crippen molar-refractivity contribution in [2.75, 3.05) is 0 Å². The Hall–Kier alpha value is -0.950. The van der Waals surface area contributed by atoms with E-state index in [1.807, 2.05) is 22.8 Å². The quantitative estimate of drug-likeness (QED) is 0.308. The van der Waals surface area contributed by atoms with E-state index >= 15 is 0 Å². The lowest BCUT2D eigenvalue weighted by atomic mass is 10.3. The number of esters is 1. The minimum absolute atomic E-state index is 0. The number of aryl methyl sites for hydroxylation is 1. The Bertz CT molecular complexity index is 580. The minimum atomic E-state index is -0.282. The van der Waals surface area contributed by atoms with E-state index in [4.69, 9.17) is 4.74 Å². The van der Waals surface area contributed by atoms with E-state index in [1.165, 1.54) is 16.0 Å². The highest BCUT2D eigenvalue weighted by molar-refractivity contribution is 7.18. The summed E-state index contributed by atoms with van der Waals surface area (Å²) in [4.78, 5) is 11.6. The summed E-state index contributed by atoms with van der Waals surface area (Å²) in [5.74, 6) is -0.282. The van der Waals surface area contributed by atoms with Gasteiger partial charge in [0.2, 0.25) is 17.1 Å². The Morgan fingerprint density at radius 1 is 1.47 bits per heavy atom. The van der Waals surface area contributed by atoms with Crippen molar-refractivity contribution in [2.45, 2.75) is 26.3 Å². The number of nitrogens with zero attached hydrogens (tertiary/aromatic N) is 1. The SMILES string of the molecule is C=COC(=O)C[n+]1c(CCC)sc2ccccc21.[I-]. The lowest BCUT2D eigenvalue weighted by molar-refractivity contribution is -0.662. The largest absolute Gasteiger partial charge is 1.00 e. The Morgan fingerprint density at radius 3 is 2.89 bits per heavy atom. The second kappa shape index (κ2) is 7.59. The summed E-state index contributed by atoms with van der Waals surface area (Å²) in [6, 6.07) is 8.11. The van der Waals surface area contributed by atoms with Gasteiger partial charge in [-0.2, -0.15) is 4.57 Å². The molecule has 0 aliphatic heterocycles. The Balaban J connectivity index is 0.00000180. The summed E-state index contributed by atoms with van der Waals surface area (Å²) in [7, 11) is 0. The monoisotopic (exact) mass is 389 g/mol. The van der Waals surface area contributed by atoms with Crippen LogP contribution in [0.3, 0.4) is 0 Å². The average molecular weight is 389 g/mol. The molecule has 3 nitrogen and oxygen atoms in total. The summed E-state index contributed by atoms with van der Waals surface area (Å²) in [6.45, 7) is 5.78. The molecule has 5 heteroatoms. The summed E-state index contributed by atoms with van der Waals surface area (Å²) in [5.41, 5.74) is 1.09. The number of carbonyl (C=O) groups is 1. The zero-order valence-corrected chi connectivity index (χ0v) is 13.7. The van der Waals surface area contributed by atoms with E-state index < -0.39 is 0 Å². The molecule has 1 heterocycles. The number of ether oxygens (including phenoxy) is 1. The molecule has 0 aliphatic carbocycles. The minimum Gasteiger partial charge on any atom is -1.00 e. The molecule has 19 heavy (non-hydrogen) atoms. The highest BCUT2D eigenvalue weighted by Crippen LogP contribution is 2.21. The summed E-state index contributed by atoms with van der Waals surface area (Å²) in [5, 5.41) is 1.21. The second-order valence-corrected chi connectivity index (χ2v) is 5.07. The molecule has 0 fully saturated rings. The van der Waals surface area contributed by atoms with Crippen molar-refractivity contribution in [3.8, 4) is 0 Å². The van der Waals surface area contributed by atoms with Gasteiger partial charge in [-0.25, -0.2) is 4.79 Å². The molecule has 0 saturated carbocycles. The Labute approximate surface area is 133 Å². The topological polar surface area (TPSA) is 30.2 Å². The highest BCUT2D eigenvalue weighted by atomic mass is 127. The van der Waals surface area contributed by atoms with Crippen molar-refractivity contribution >= 4 is 27.5 Å². The van der Waals surface area contributed by atoms with Gasteiger partial charge < -0.3 is 28.7 Å². The van der Waals surface area contributed by atoms with Crippen LogP contribution in [0.4, 0.5) is 0 Å². The number of rotatable bonds is 5. The maximum atomic E-state index is 11.6. The van der Waals surface area contributed by atoms with Crippen molar-refractivity contribution in [1.82, 2.24) is 0 Å². The van der Waals surface area contributed by atoms with Crippen LogP contribution in [0.25, 0.3) is 10.2 Å². The zero-order valence-electron chi connectivity index (χ0n) is 10.8. The zero-order chi connectivity index (χ0) is 13.0. The van der Waals surface area contributed by atoms with Crippen molar-refractivity contribution in [3.63, 3.8) is 0 Å². The number of benzene rings is 1. The number of halogens is 1. The van der Waals surface area contributed by atoms with Gasteiger partial charge in [-0.3, -0.25) is 0 Å². The molecule has 102 valence electrons. The van der Waals surface area contributed by atoms with Crippen LogP contribution in [0.15, 0.2) is 37.1 Å². The van der Waals surface area contributed by atoms with Gasteiger partial charge in [-0.05, 0) is 12.5 Å². The summed E-state index contributed by atoms with van der Waals surface area (Å²) in [6.07, 6.45) is 3.21. The first-order valence-corrected chi connectivity index (χ1v) is 6.78. The fraction of sp³-hybridized carbons (Fsp3) is 0.286. The molecule has 2 aromatic rings. The number of carbonyl (C=O) groups excluding carboxylic acids is 1. The van der Waals surface area contributed by atoms with Crippen LogP contribution in [0.2, 0.25) is 0 Å². The van der Waals surface area contributed by atoms with E-state index in [0.29, 0.717) is 0 Å². The van der Waals surface area contributed by atoms with Gasteiger partial charge in [0.1, 0.15) is 4.70 Å². The van der Waals surface area contributed by atoms with Gasteiger partial charge >= 0.3 is 5.97 Å². The summed E-state index contributed by atoms with van der Waals surface area (Å²) >= 11 is 1.74. The fourth-order valence-corrected chi connectivity index (χ4v) is 3.18. The fourth-order valence-electron chi connectivity index (χ4n) is 1.92. The highest BCUT2D eigenvalue weighted by Gasteiger charge is 2.22. The first-order chi connectivity index (χ1) is 8.76. The van der Waals surface area contributed by atoms with Crippen molar-refractivity contribution in [1.29, 1.82) is 0 Å². The molecular weight excluding hydrogens is 373 g/mol. The third-order valence-corrected chi connectivity index (χ3v) is 3.88. The van der Waals surface area contributed by atoms with E-state index in [0.717, 1.165) is 18.4 Å². The second-order valence-electron chi connectivity index (χ2n) is 3.96. The van der Waals surface area contributed by atoms with Gasteiger partial charge in [0.25, 0.3) is 0 Å². The van der Waals surface area contributed by atoms with Gasteiger partial charge in [-0.1, -0.05) is 37.0 Å². The molecule has 0 amide bonds. The van der Waals surface area contributed by atoms with Crippen molar-refractivity contribution in [3.05, 3.63) is 42.1 Å². The lowest BCUT2D eigenvalue weighted by Gasteiger charge is -1.97. The molecule has 0 unspecified atom stereocenters. The molecule has 0 atom stereocenters. The number of thiazole rings is 1. The van der Waals surface area contributed by atoms with Crippen LogP contribution in [-0.4, -0.2) is 5.97 Å². The molecule has 1 aromatic heterocycles. The van der Waals surface area contributed by atoms with Crippen molar-refractivity contribution in [2.24, 2.45) is 0 Å². The Kier molecular flexibility index (Phi) is 6.44. The normalized spacial score (nSPS) is 9.95. The first-order valence-electron chi connectivity index (χ1n) is 5.97. The number of fused-ring (bicyclic) bond motifs is 1. The Morgan fingerprint density at radius 2 is 2.21 bits per heavy atom. The van der Waals surface area contributed by atoms with Crippen molar-refractivity contribution < 1.29 is 38.1 Å².